The highest BCUT2D eigenvalue weighted by atomic mass is 19.1. The zero-order valence-electron chi connectivity index (χ0n) is 8.70. The van der Waals surface area contributed by atoms with Crippen LogP contribution in [-0.4, -0.2) is 25.6 Å². The summed E-state index contributed by atoms with van der Waals surface area (Å²) in [4.78, 5) is 0. The van der Waals surface area contributed by atoms with E-state index in [1.54, 1.807) is 0 Å². The summed E-state index contributed by atoms with van der Waals surface area (Å²) in [5, 5.41) is 9.63. The van der Waals surface area contributed by atoms with Crippen LogP contribution in [0.3, 0.4) is 0 Å². The number of methoxy groups -OCH3 is 1. The summed E-state index contributed by atoms with van der Waals surface area (Å²) < 4.78 is 28.7. The molecule has 1 aliphatic rings. The lowest BCUT2D eigenvalue weighted by atomic mass is 10.1. The summed E-state index contributed by atoms with van der Waals surface area (Å²) in [6.07, 6.45) is -1.00. The Bertz CT molecular complexity index is 410. The highest BCUT2D eigenvalue weighted by Crippen LogP contribution is 2.43. The predicted octanol–water partition coefficient (Wildman–Crippen LogP) is 0.555. The molecule has 1 aromatic rings. The van der Waals surface area contributed by atoms with Crippen LogP contribution in [-0.2, 0) is 0 Å². The van der Waals surface area contributed by atoms with Gasteiger partial charge in [0.1, 0.15) is 0 Å². The topological polar surface area (TPSA) is 73.9 Å². The van der Waals surface area contributed by atoms with E-state index in [2.05, 4.69) is 0 Å². The first-order chi connectivity index (χ1) is 7.69. The maximum atomic E-state index is 13.8. The first-order valence-corrected chi connectivity index (χ1v) is 4.73. The fourth-order valence-electron chi connectivity index (χ4n) is 1.59. The van der Waals surface area contributed by atoms with Crippen molar-refractivity contribution in [2.24, 2.45) is 5.73 Å². The van der Waals surface area contributed by atoms with Gasteiger partial charge in [0.05, 0.1) is 13.2 Å². The monoisotopic (exact) mass is 229 g/mol. The van der Waals surface area contributed by atoms with E-state index in [1.807, 2.05) is 0 Å². The Balaban J connectivity index is 2.56. The molecule has 0 aliphatic carbocycles. The molecular formula is C10H12FNO4. The van der Waals surface area contributed by atoms with Gasteiger partial charge < -0.3 is 25.1 Å². The minimum Gasteiger partial charge on any atom is -0.493 e. The van der Waals surface area contributed by atoms with Crippen LogP contribution in [0.1, 0.15) is 11.7 Å². The first-order valence-electron chi connectivity index (χ1n) is 4.73. The van der Waals surface area contributed by atoms with Crippen molar-refractivity contribution in [2.45, 2.75) is 6.10 Å². The molecule has 0 amide bonds. The van der Waals surface area contributed by atoms with Crippen molar-refractivity contribution in [1.82, 2.24) is 0 Å². The fourth-order valence-corrected chi connectivity index (χ4v) is 1.59. The lowest BCUT2D eigenvalue weighted by Gasteiger charge is -2.14. The number of nitrogens with two attached hydrogens (primary N) is 1. The second-order valence-electron chi connectivity index (χ2n) is 3.30. The average molecular weight is 229 g/mol. The quantitative estimate of drug-likeness (QED) is 0.792. The van der Waals surface area contributed by atoms with E-state index in [9.17, 15) is 9.50 Å². The fraction of sp³-hybridized carbons (Fsp3) is 0.400. The van der Waals surface area contributed by atoms with Gasteiger partial charge in [-0.3, -0.25) is 0 Å². The molecule has 1 heterocycles. The molecule has 0 bridgehead atoms. The number of fused-ring (bicyclic) bond motifs is 1. The van der Waals surface area contributed by atoms with Crippen LogP contribution in [0.25, 0.3) is 0 Å². The molecule has 0 fully saturated rings. The SMILES string of the molecule is COc1c(C(O)CN)cc2c(c1F)OCO2. The maximum absolute atomic E-state index is 13.8. The highest BCUT2D eigenvalue weighted by Gasteiger charge is 2.27. The van der Waals surface area contributed by atoms with Crippen molar-refractivity contribution in [3.05, 3.63) is 17.4 Å². The Labute approximate surface area is 91.5 Å². The van der Waals surface area contributed by atoms with Crippen LogP contribution in [0.2, 0.25) is 0 Å². The highest BCUT2D eigenvalue weighted by molar-refractivity contribution is 5.54. The third kappa shape index (κ3) is 1.56. The molecule has 5 nitrogen and oxygen atoms in total. The summed E-state index contributed by atoms with van der Waals surface area (Å²) in [6, 6.07) is 1.47. The van der Waals surface area contributed by atoms with Gasteiger partial charge in [0, 0.05) is 12.1 Å². The van der Waals surface area contributed by atoms with Gasteiger partial charge in [-0.15, -0.1) is 0 Å². The first kappa shape index (κ1) is 11.0. The zero-order valence-corrected chi connectivity index (χ0v) is 8.70. The van der Waals surface area contributed by atoms with E-state index >= 15 is 0 Å². The molecule has 3 N–H and O–H groups in total. The minimum absolute atomic E-state index is 0.00446. The number of hydrogen-bond donors (Lipinski definition) is 2. The van der Waals surface area contributed by atoms with Gasteiger partial charge in [-0.05, 0) is 6.07 Å². The number of benzene rings is 1. The van der Waals surface area contributed by atoms with E-state index in [4.69, 9.17) is 19.9 Å². The summed E-state index contributed by atoms with van der Waals surface area (Å²) >= 11 is 0. The van der Waals surface area contributed by atoms with Crippen molar-refractivity contribution in [1.29, 1.82) is 0 Å². The third-order valence-electron chi connectivity index (χ3n) is 2.38. The molecule has 1 unspecified atom stereocenters. The molecule has 2 rings (SSSR count). The van der Waals surface area contributed by atoms with E-state index in [0.29, 0.717) is 0 Å². The zero-order chi connectivity index (χ0) is 11.7. The van der Waals surface area contributed by atoms with Gasteiger partial charge >= 0.3 is 0 Å². The number of hydrogen-bond acceptors (Lipinski definition) is 5. The molecule has 0 aromatic heterocycles. The van der Waals surface area contributed by atoms with Gasteiger partial charge in [-0.2, -0.15) is 4.39 Å². The normalized spacial score (nSPS) is 15.0. The lowest BCUT2D eigenvalue weighted by Crippen LogP contribution is -2.13. The van der Waals surface area contributed by atoms with E-state index < -0.39 is 11.9 Å². The molecule has 16 heavy (non-hydrogen) atoms. The standard InChI is InChI=1S/C10H12FNO4/c1-14-9-5(6(13)3-12)2-7-10(8(9)11)16-4-15-7/h2,6,13H,3-4,12H2,1H3. The van der Waals surface area contributed by atoms with Crippen LogP contribution in [0.5, 0.6) is 17.2 Å². The van der Waals surface area contributed by atoms with Gasteiger partial charge in [0.2, 0.25) is 18.4 Å². The number of aliphatic hydroxyl groups is 1. The Kier molecular flexibility index (Phi) is 2.84. The maximum Gasteiger partial charge on any atom is 0.231 e. The average Bonchev–Trinajstić information content (AvgIpc) is 2.76. The molecule has 1 atom stereocenters. The van der Waals surface area contributed by atoms with Gasteiger partial charge in [0.15, 0.2) is 11.5 Å². The Hall–Kier alpha value is -1.53. The molecule has 1 aliphatic heterocycles. The van der Waals surface area contributed by atoms with Crippen molar-refractivity contribution >= 4 is 0 Å². The molecule has 0 saturated carbocycles. The van der Waals surface area contributed by atoms with Gasteiger partial charge in [-0.1, -0.05) is 0 Å². The van der Waals surface area contributed by atoms with Crippen LogP contribution in [0, 0.1) is 5.82 Å². The predicted molar refractivity (Wildman–Crippen MR) is 53.1 cm³/mol. The molecule has 0 saturated heterocycles. The minimum atomic E-state index is -1.00. The Morgan fingerprint density at radius 3 is 3.00 bits per heavy atom. The lowest BCUT2D eigenvalue weighted by molar-refractivity contribution is 0.170. The second-order valence-corrected chi connectivity index (χ2v) is 3.30. The molecule has 88 valence electrons. The van der Waals surface area contributed by atoms with Crippen molar-refractivity contribution in [3.8, 4) is 17.2 Å². The largest absolute Gasteiger partial charge is 0.493 e. The second kappa shape index (κ2) is 4.15. The number of rotatable bonds is 3. The number of ether oxygens (including phenoxy) is 3. The number of aliphatic hydroxyl groups excluding tert-OH is 1. The summed E-state index contributed by atoms with van der Waals surface area (Å²) in [5.41, 5.74) is 5.58. The number of halogens is 1. The molecule has 6 heteroatoms. The van der Waals surface area contributed by atoms with E-state index in [-0.39, 0.29) is 36.1 Å². The molecule has 0 radical (unpaired) electrons. The Morgan fingerprint density at radius 1 is 1.62 bits per heavy atom. The smallest absolute Gasteiger partial charge is 0.231 e. The molecular weight excluding hydrogens is 217 g/mol. The van der Waals surface area contributed by atoms with Crippen LogP contribution < -0.4 is 19.9 Å². The Morgan fingerprint density at radius 2 is 2.38 bits per heavy atom. The van der Waals surface area contributed by atoms with E-state index in [0.717, 1.165) is 0 Å². The molecule has 1 aromatic carbocycles. The van der Waals surface area contributed by atoms with Crippen molar-refractivity contribution < 1.29 is 23.7 Å². The van der Waals surface area contributed by atoms with Crippen LogP contribution >= 0.6 is 0 Å². The van der Waals surface area contributed by atoms with E-state index in [1.165, 1.54) is 13.2 Å². The van der Waals surface area contributed by atoms with Crippen molar-refractivity contribution in [3.63, 3.8) is 0 Å². The third-order valence-corrected chi connectivity index (χ3v) is 2.38. The van der Waals surface area contributed by atoms with Gasteiger partial charge in [-0.25, -0.2) is 0 Å². The van der Waals surface area contributed by atoms with Crippen molar-refractivity contribution in [2.75, 3.05) is 20.4 Å². The summed E-state index contributed by atoms with van der Waals surface area (Å²) in [7, 11) is 1.31. The van der Waals surface area contributed by atoms with Crippen LogP contribution in [0.4, 0.5) is 4.39 Å². The van der Waals surface area contributed by atoms with Crippen LogP contribution in [0.15, 0.2) is 6.07 Å². The summed E-state index contributed by atoms with van der Waals surface area (Å²) in [6.45, 7) is -0.0764. The van der Waals surface area contributed by atoms with Gasteiger partial charge in [0.25, 0.3) is 0 Å². The summed E-state index contributed by atoms with van der Waals surface area (Å²) in [5.74, 6) is -0.493. The molecule has 0 spiro atoms.